The molecular formula is C20H14ClNO4S. The Balaban J connectivity index is 1.97. The van der Waals surface area contributed by atoms with Crippen LogP contribution in [0.15, 0.2) is 71.6 Å². The van der Waals surface area contributed by atoms with Crippen LogP contribution in [0, 0.1) is 0 Å². The average molecular weight is 400 g/mol. The number of hydrogen-bond donors (Lipinski definition) is 0. The lowest BCUT2D eigenvalue weighted by Crippen LogP contribution is -2.39. The molecule has 0 spiro atoms. The van der Waals surface area contributed by atoms with E-state index in [1.54, 1.807) is 48.5 Å². The minimum absolute atomic E-state index is 0.0769. The Labute approximate surface area is 161 Å². The SMILES string of the molecule is COc1ccc2c(c1)-c1ccccc1S(=O)(=O)N2C(=O)c1ccc(Cl)cc1. The number of halogens is 1. The van der Waals surface area contributed by atoms with Gasteiger partial charge in [-0.3, -0.25) is 4.79 Å². The Morgan fingerprint density at radius 3 is 2.37 bits per heavy atom. The maximum atomic E-state index is 13.3. The van der Waals surface area contributed by atoms with Gasteiger partial charge in [0.1, 0.15) is 5.75 Å². The second-order valence-corrected chi connectivity index (χ2v) is 8.15. The lowest BCUT2D eigenvalue weighted by Gasteiger charge is -2.30. The second kappa shape index (κ2) is 6.40. The van der Waals surface area contributed by atoms with E-state index in [0.29, 0.717) is 21.9 Å². The lowest BCUT2D eigenvalue weighted by molar-refractivity contribution is 0.101. The molecule has 5 nitrogen and oxygen atoms in total. The zero-order valence-electron chi connectivity index (χ0n) is 14.2. The van der Waals surface area contributed by atoms with Gasteiger partial charge in [0.05, 0.1) is 17.7 Å². The number of amides is 1. The van der Waals surface area contributed by atoms with Crippen LogP contribution in [0.25, 0.3) is 11.1 Å². The minimum Gasteiger partial charge on any atom is -0.497 e. The summed E-state index contributed by atoms with van der Waals surface area (Å²) in [4.78, 5) is 13.2. The Morgan fingerprint density at radius 2 is 1.67 bits per heavy atom. The van der Waals surface area contributed by atoms with Crippen LogP contribution >= 0.6 is 11.6 Å². The number of benzene rings is 3. The fourth-order valence-corrected chi connectivity index (χ4v) is 4.88. The molecule has 136 valence electrons. The van der Waals surface area contributed by atoms with E-state index in [0.717, 1.165) is 4.31 Å². The molecule has 0 radical (unpaired) electrons. The number of rotatable bonds is 2. The third kappa shape index (κ3) is 2.78. The van der Waals surface area contributed by atoms with Crippen molar-refractivity contribution in [1.29, 1.82) is 0 Å². The van der Waals surface area contributed by atoms with E-state index in [4.69, 9.17) is 16.3 Å². The first-order valence-electron chi connectivity index (χ1n) is 8.06. The molecule has 7 heteroatoms. The zero-order valence-corrected chi connectivity index (χ0v) is 15.8. The number of methoxy groups -OCH3 is 1. The Kier molecular flexibility index (Phi) is 4.17. The van der Waals surface area contributed by atoms with E-state index in [2.05, 4.69) is 0 Å². The molecule has 1 amide bonds. The molecule has 3 aromatic rings. The van der Waals surface area contributed by atoms with Crippen molar-refractivity contribution in [2.75, 3.05) is 11.4 Å². The van der Waals surface area contributed by atoms with Crippen molar-refractivity contribution in [3.63, 3.8) is 0 Å². The van der Waals surface area contributed by atoms with Crippen LogP contribution in [0.1, 0.15) is 10.4 Å². The Hall–Kier alpha value is -2.83. The summed E-state index contributed by atoms with van der Waals surface area (Å²) in [5.41, 5.74) is 1.66. The van der Waals surface area contributed by atoms with Crippen molar-refractivity contribution in [3.05, 3.63) is 77.3 Å². The van der Waals surface area contributed by atoms with Gasteiger partial charge in [-0.15, -0.1) is 0 Å². The quantitative estimate of drug-likeness (QED) is 0.642. The monoisotopic (exact) mass is 399 g/mol. The van der Waals surface area contributed by atoms with Gasteiger partial charge in [-0.2, -0.15) is 4.31 Å². The number of sulfonamides is 1. The summed E-state index contributed by atoms with van der Waals surface area (Å²) in [5, 5.41) is 0.462. The average Bonchev–Trinajstić information content (AvgIpc) is 2.68. The largest absolute Gasteiger partial charge is 0.497 e. The molecule has 0 aromatic heterocycles. The highest BCUT2D eigenvalue weighted by Crippen LogP contribution is 2.45. The number of carbonyl (C=O) groups is 1. The molecule has 0 atom stereocenters. The van der Waals surface area contributed by atoms with E-state index < -0.39 is 15.9 Å². The van der Waals surface area contributed by atoms with E-state index in [9.17, 15) is 13.2 Å². The summed E-state index contributed by atoms with van der Waals surface area (Å²) < 4.78 is 32.6. The maximum Gasteiger partial charge on any atom is 0.272 e. The minimum atomic E-state index is -4.06. The van der Waals surface area contributed by atoms with Crippen LogP contribution in [0.5, 0.6) is 5.75 Å². The zero-order chi connectivity index (χ0) is 19.2. The molecule has 3 aromatic carbocycles. The highest BCUT2D eigenvalue weighted by molar-refractivity contribution is 7.93. The molecule has 0 aliphatic carbocycles. The molecule has 1 heterocycles. The number of nitrogens with zero attached hydrogens (tertiary/aromatic N) is 1. The summed E-state index contributed by atoms with van der Waals surface area (Å²) in [5.74, 6) is -0.0747. The smallest absolute Gasteiger partial charge is 0.272 e. The molecule has 0 unspecified atom stereocenters. The number of carbonyl (C=O) groups excluding carboxylic acids is 1. The van der Waals surface area contributed by atoms with Gasteiger partial charge in [-0.05, 0) is 48.5 Å². The van der Waals surface area contributed by atoms with Crippen LogP contribution in [0.3, 0.4) is 0 Å². The Bertz CT molecular complexity index is 1160. The second-order valence-electron chi connectivity index (χ2n) is 5.96. The third-order valence-electron chi connectivity index (χ3n) is 4.39. The predicted molar refractivity (Wildman–Crippen MR) is 104 cm³/mol. The number of ether oxygens (including phenoxy) is 1. The van der Waals surface area contributed by atoms with Crippen LogP contribution in [0.2, 0.25) is 5.02 Å². The van der Waals surface area contributed by atoms with Gasteiger partial charge in [0.25, 0.3) is 15.9 Å². The van der Waals surface area contributed by atoms with E-state index in [1.807, 2.05) is 0 Å². The van der Waals surface area contributed by atoms with Crippen molar-refractivity contribution < 1.29 is 17.9 Å². The molecule has 1 aliphatic heterocycles. The summed E-state index contributed by atoms with van der Waals surface area (Å²) in [6.07, 6.45) is 0. The predicted octanol–water partition coefficient (Wildman–Crippen LogP) is 4.36. The number of anilines is 1. The fourth-order valence-electron chi connectivity index (χ4n) is 3.11. The molecule has 0 saturated heterocycles. The van der Waals surface area contributed by atoms with Crippen LogP contribution in [0.4, 0.5) is 5.69 Å². The van der Waals surface area contributed by atoms with Crippen LogP contribution < -0.4 is 9.04 Å². The highest BCUT2D eigenvalue weighted by atomic mass is 35.5. The van der Waals surface area contributed by atoms with Gasteiger partial charge >= 0.3 is 0 Å². The normalized spacial score (nSPS) is 14.2. The molecule has 1 aliphatic rings. The van der Waals surface area contributed by atoms with Crippen molar-refractivity contribution in [3.8, 4) is 16.9 Å². The maximum absolute atomic E-state index is 13.3. The standard InChI is InChI=1S/C20H14ClNO4S/c1-26-15-10-11-18-17(12-15)16-4-2-3-5-19(16)27(24,25)22(18)20(23)13-6-8-14(21)9-7-13/h2-12H,1H3. The summed E-state index contributed by atoms with van der Waals surface area (Å²) in [6, 6.07) is 17.6. The van der Waals surface area contributed by atoms with Gasteiger partial charge in [-0.25, -0.2) is 8.42 Å². The van der Waals surface area contributed by atoms with Gasteiger partial charge in [0.2, 0.25) is 0 Å². The van der Waals surface area contributed by atoms with Crippen LogP contribution in [-0.4, -0.2) is 21.4 Å². The molecule has 0 saturated carbocycles. The number of hydrogen-bond acceptors (Lipinski definition) is 4. The summed E-state index contributed by atoms with van der Waals surface area (Å²) in [6.45, 7) is 0. The van der Waals surface area contributed by atoms with E-state index in [1.165, 1.54) is 25.3 Å². The van der Waals surface area contributed by atoms with Gasteiger partial charge in [0.15, 0.2) is 0 Å². The first-order chi connectivity index (χ1) is 12.9. The highest BCUT2D eigenvalue weighted by Gasteiger charge is 2.39. The van der Waals surface area contributed by atoms with Crippen molar-refractivity contribution in [2.45, 2.75) is 4.90 Å². The molecule has 0 fully saturated rings. The Morgan fingerprint density at radius 1 is 0.963 bits per heavy atom. The summed E-state index contributed by atoms with van der Waals surface area (Å²) >= 11 is 5.88. The van der Waals surface area contributed by atoms with Crippen molar-refractivity contribution in [2.24, 2.45) is 0 Å². The molecule has 0 N–H and O–H groups in total. The van der Waals surface area contributed by atoms with Gasteiger partial charge in [0, 0.05) is 21.7 Å². The molecule has 4 rings (SSSR count). The fraction of sp³-hybridized carbons (Fsp3) is 0.0500. The third-order valence-corrected chi connectivity index (χ3v) is 6.40. The summed E-state index contributed by atoms with van der Waals surface area (Å²) in [7, 11) is -2.53. The van der Waals surface area contributed by atoms with Crippen molar-refractivity contribution >= 4 is 33.2 Å². The first kappa shape index (κ1) is 17.6. The van der Waals surface area contributed by atoms with Crippen molar-refractivity contribution in [1.82, 2.24) is 0 Å². The van der Waals surface area contributed by atoms with E-state index in [-0.39, 0.29) is 16.1 Å². The molecule has 27 heavy (non-hydrogen) atoms. The van der Waals surface area contributed by atoms with Gasteiger partial charge < -0.3 is 4.74 Å². The van der Waals surface area contributed by atoms with Crippen LogP contribution in [-0.2, 0) is 10.0 Å². The van der Waals surface area contributed by atoms with Gasteiger partial charge in [-0.1, -0.05) is 29.8 Å². The number of fused-ring (bicyclic) bond motifs is 3. The first-order valence-corrected chi connectivity index (χ1v) is 9.88. The lowest BCUT2D eigenvalue weighted by atomic mass is 10.0. The topological polar surface area (TPSA) is 63.7 Å². The molecule has 0 bridgehead atoms. The molecular weight excluding hydrogens is 386 g/mol. The van der Waals surface area contributed by atoms with E-state index >= 15 is 0 Å².